The summed E-state index contributed by atoms with van der Waals surface area (Å²) in [7, 11) is 1.96. The molecule has 1 saturated carbocycles. The molecule has 11 nitrogen and oxygen atoms in total. The van der Waals surface area contributed by atoms with Crippen LogP contribution in [0.25, 0.3) is 0 Å². The molecule has 2 aromatic rings. The van der Waals surface area contributed by atoms with E-state index in [1.165, 1.54) is 19.3 Å². The summed E-state index contributed by atoms with van der Waals surface area (Å²) in [5, 5.41) is 20.4. The van der Waals surface area contributed by atoms with Crippen LogP contribution in [0.5, 0.6) is 0 Å². The Morgan fingerprint density at radius 2 is 1.70 bits per heavy atom. The number of hydrogen-bond acceptors (Lipinski definition) is 6. The Balaban J connectivity index is 1.42. The molecule has 1 aromatic heterocycles. The minimum absolute atomic E-state index is 0.294. The fourth-order valence-electron chi connectivity index (χ4n) is 6.58. The van der Waals surface area contributed by atoms with E-state index in [-0.39, 0.29) is 11.9 Å². The molecule has 0 unspecified atom stereocenters. The van der Waals surface area contributed by atoms with Gasteiger partial charge in [0.25, 0.3) is 0 Å². The van der Waals surface area contributed by atoms with Gasteiger partial charge in [-0.25, -0.2) is 9.78 Å². The summed E-state index contributed by atoms with van der Waals surface area (Å²) in [5.41, 5.74) is 0.905. The lowest BCUT2D eigenvalue weighted by molar-refractivity contribution is -0.131. The van der Waals surface area contributed by atoms with Crippen molar-refractivity contribution in [1.82, 2.24) is 30.4 Å². The number of ether oxygens (including phenoxy) is 1. The van der Waals surface area contributed by atoms with Crippen molar-refractivity contribution in [3.8, 4) is 0 Å². The second-order valence-corrected chi connectivity index (χ2v) is 12.9. The maximum Gasteiger partial charge on any atom is 0.318 e. The van der Waals surface area contributed by atoms with Crippen molar-refractivity contribution >= 4 is 17.8 Å². The molecule has 46 heavy (non-hydrogen) atoms. The van der Waals surface area contributed by atoms with Gasteiger partial charge < -0.3 is 35.3 Å². The quantitative estimate of drug-likeness (QED) is 0.222. The summed E-state index contributed by atoms with van der Waals surface area (Å²) in [5.74, 6) is 0.723. The Labute approximate surface area is 273 Å². The fourth-order valence-corrected chi connectivity index (χ4v) is 6.58. The SMILES string of the molecule is CCC[C@H](NC(=O)[C@H](Cc1ccccc1)NC(=O)N1CCOCC1)C(=O)N[C@@H](CC1CCCCC1)[C@@H](O)CCCc1nccn1C. The van der Waals surface area contributed by atoms with Crippen molar-refractivity contribution in [2.24, 2.45) is 13.0 Å². The summed E-state index contributed by atoms with van der Waals surface area (Å²) in [6.07, 6.45) is 13.0. The number of nitrogens with zero attached hydrogens (tertiary/aromatic N) is 3. The maximum absolute atomic E-state index is 13.8. The van der Waals surface area contributed by atoms with Crippen LogP contribution in [0.3, 0.4) is 0 Å². The second kappa shape index (κ2) is 18.6. The molecule has 2 fully saturated rings. The number of aryl methyl sites for hydroxylation is 2. The smallest absolute Gasteiger partial charge is 0.318 e. The molecule has 2 aliphatic rings. The molecule has 1 saturated heterocycles. The van der Waals surface area contributed by atoms with E-state index in [0.717, 1.165) is 37.1 Å². The number of nitrogens with one attached hydrogen (secondary N) is 3. The van der Waals surface area contributed by atoms with Crippen molar-refractivity contribution in [3.05, 3.63) is 54.1 Å². The predicted molar refractivity (Wildman–Crippen MR) is 177 cm³/mol. The van der Waals surface area contributed by atoms with Crippen molar-refractivity contribution in [1.29, 1.82) is 0 Å². The monoisotopic (exact) mass is 638 g/mol. The van der Waals surface area contributed by atoms with E-state index >= 15 is 0 Å². The van der Waals surface area contributed by atoms with Gasteiger partial charge >= 0.3 is 6.03 Å². The Kier molecular flexibility index (Phi) is 14.4. The zero-order valence-corrected chi connectivity index (χ0v) is 27.7. The molecule has 0 spiro atoms. The number of amides is 4. The first-order chi connectivity index (χ1) is 22.3. The van der Waals surface area contributed by atoms with Crippen LogP contribution in [-0.4, -0.2) is 87.9 Å². The van der Waals surface area contributed by atoms with Crippen LogP contribution in [-0.2, 0) is 34.2 Å². The summed E-state index contributed by atoms with van der Waals surface area (Å²) in [4.78, 5) is 46.7. The summed E-state index contributed by atoms with van der Waals surface area (Å²) in [6, 6.07) is 7.16. The fraction of sp³-hybridized carbons (Fsp3) is 0.657. The average Bonchev–Trinajstić information content (AvgIpc) is 3.49. The van der Waals surface area contributed by atoms with Gasteiger partial charge in [-0.1, -0.05) is 75.8 Å². The van der Waals surface area contributed by atoms with Gasteiger partial charge in [0.05, 0.1) is 25.4 Å². The Morgan fingerprint density at radius 3 is 2.37 bits per heavy atom. The van der Waals surface area contributed by atoms with E-state index < -0.39 is 30.1 Å². The van der Waals surface area contributed by atoms with Crippen molar-refractivity contribution in [2.45, 2.75) is 108 Å². The molecule has 1 aromatic carbocycles. The Morgan fingerprint density at radius 1 is 0.978 bits per heavy atom. The lowest BCUT2D eigenvalue weighted by Gasteiger charge is -2.32. The summed E-state index contributed by atoms with van der Waals surface area (Å²) >= 11 is 0. The normalized spacial score (nSPS) is 18.3. The molecule has 0 radical (unpaired) electrons. The number of morpholine rings is 1. The van der Waals surface area contributed by atoms with Crippen LogP contribution in [0.1, 0.15) is 82.5 Å². The molecule has 4 atom stereocenters. The third kappa shape index (κ3) is 11.1. The van der Waals surface area contributed by atoms with Crippen LogP contribution in [0.4, 0.5) is 4.79 Å². The lowest BCUT2D eigenvalue weighted by atomic mass is 9.83. The second-order valence-electron chi connectivity index (χ2n) is 12.9. The lowest BCUT2D eigenvalue weighted by Crippen LogP contribution is -2.58. The number of hydrogen-bond donors (Lipinski definition) is 4. The highest BCUT2D eigenvalue weighted by Crippen LogP contribution is 2.28. The van der Waals surface area contributed by atoms with E-state index in [2.05, 4.69) is 20.9 Å². The van der Waals surface area contributed by atoms with Crippen LogP contribution in [0.15, 0.2) is 42.7 Å². The highest BCUT2D eigenvalue weighted by Gasteiger charge is 2.32. The predicted octanol–water partition coefficient (Wildman–Crippen LogP) is 3.50. The van der Waals surface area contributed by atoms with E-state index in [9.17, 15) is 19.5 Å². The van der Waals surface area contributed by atoms with Crippen molar-refractivity contribution in [3.63, 3.8) is 0 Å². The summed E-state index contributed by atoms with van der Waals surface area (Å²) in [6.45, 7) is 3.80. The number of aromatic nitrogens is 2. The largest absolute Gasteiger partial charge is 0.391 e. The van der Waals surface area contributed by atoms with Gasteiger partial charge in [-0.15, -0.1) is 0 Å². The van der Waals surface area contributed by atoms with E-state index in [4.69, 9.17) is 4.74 Å². The van der Waals surface area contributed by atoms with E-state index in [1.54, 1.807) is 11.1 Å². The van der Waals surface area contributed by atoms with Gasteiger partial charge in [0.1, 0.15) is 17.9 Å². The van der Waals surface area contributed by atoms with Gasteiger partial charge in [0.15, 0.2) is 0 Å². The topological polar surface area (TPSA) is 138 Å². The molecule has 0 bridgehead atoms. The first-order valence-corrected chi connectivity index (χ1v) is 17.3. The molecule has 11 heteroatoms. The molecular formula is C35H54N6O5. The Bertz CT molecular complexity index is 1210. The highest BCUT2D eigenvalue weighted by atomic mass is 16.5. The number of carbonyl (C=O) groups is 3. The van der Waals surface area contributed by atoms with Crippen LogP contribution < -0.4 is 16.0 Å². The molecule has 2 heterocycles. The van der Waals surface area contributed by atoms with Gasteiger partial charge in [0, 0.05) is 45.4 Å². The minimum atomic E-state index is -0.861. The number of carbonyl (C=O) groups excluding carboxylic acids is 3. The van der Waals surface area contributed by atoms with Crippen LogP contribution in [0, 0.1) is 5.92 Å². The van der Waals surface area contributed by atoms with Crippen LogP contribution >= 0.6 is 0 Å². The van der Waals surface area contributed by atoms with E-state index in [1.807, 2.05) is 55.1 Å². The van der Waals surface area contributed by atoms with E-state index in [0.29, 0.717) is 64.3 Å². The number of imidazole rings is 1. The molecular weight excluding hydrogens is 584 g/mol. The van der Waals surface area contributed by atoms with Crippen molar-refractivity contribution in [2.75, 3.05) is 26.3 Å². The molecule has 4 N–H and O–H groups in total. The standard InChI is InChI=1S/C35H54N6O5/c1-3-11-28(37-34(44)30(25-27-14-8-5-9-15-27)39-35(45)41-20-22-46-23-21-41)33(43)38-29(24-26-12-6-4-7-13-26)31(42)16-10-17-32-36-18-19-40(32)2/h5,8-9,14-15,18-19,26,28-31,42H,3-4,6-7,10-13,16-17,20-25H2,1-2H3,(H,37,44)(H,38,43)(H,39,45)/t28-,29-,30-,31-/m0/s1. The van der Waals surface area contributed by atoms with Gasteiger partial charge in [-0.2, -0.15) is 0 Å². The maximum atomic E-state index is 13.8. The molecule has 4 rings (SSSR count). The number of aliphatic hydroxyl groups is 1. The first-order valence-electron chi connectivity index (χ1n) is 17.3. The highest BCUT2D eigenvalue weighted by molar-refractivity contribution is 5.92. The molecule has 1 aliphatic carbocycles. The third-order valence-electron chi connectivity index (χ3n) is 9.33. The zero-order valence-electron chi connectivity index (χ0n) is 27.7. The number of aliphatic hydroxyl groups excluding tert-OH is 1. The first kappa shape index (κ1) is 35.4. The molecule has 254 valence electrons. The Hall–Kier alpha value is -3.44. The minimum Gasteiger partial charge on any atom is -0.391 e. The van der Waals surface area contributed by atoms with Gasteiger partial charge in [-0.3, -0.25) is 9.59 Å². The molecule has 4 amide bonds. The van der Waals surface area contributed by atoms with Gasteiger partial charge in [0.2, 0.25) is 11.8 Å². The molecule has 1 aliphatic heterocycles. The summed E-state index contributed by atoms with van der Waals surface area (Å²) < 4.78 is 7.36. The number of urea groups is 1. The third-order valence-corrected chi connectivity index (χ3v) is 9.33. The number of benzene rings is 1. The van der Waals surface area contributed by atoms with Crippen LogP contribution in [0.2, 0.25) is 0 Å². The number of rotatable bonds is 16. The zero-order chi connectivity index (χ0) is 32.7. The van der Waals surface area contributed by atoms with Crippen molar-refractivity contribution < 1.29 is 24.2 Å². The average molecular weight is 639 g/mol. The van der Waals surface area contributed by atoms with Gasteiger partial charge in [-0.05, 0) is 37.2 Å².